The molecular weight excluding hydrogens is 248 g/mol. The fourth-order valence-electron chi connectivity index (χ4n) is 1.58. The van der Waals surface area contributed by atoms with Crippen LogP contribution in [-0.2, 0) is 0 Å². The average Bonchev–Trinajstić information content (AvgIpc) is 2.70. The quantitative estimate of drug-likeness (QED) is 0.860. The van der Waals surface area contributed by atoms with Crippen LogP contribution in [0.3, 0.4) is 0 Å². The number of carbonyl (C=O) groups is 1. The van der Waals surface area contributed by atoms with Gasteiger partial charge in [0.15, 0.2) is 5.13 Å². The smallest absolute Gasteiger partial charge is 0.347 e. The molecule has 0 spiro atoms. The molecule has 0 saturated heterocycles. The Labute approximate surface area is 113 Å². The van der Waals surface area contributed by atoms with Gasteiger partial charge in [-0.15, -0.1) is 0 Å². The second-order valence-electron chi connectivity index (χ2n) is 5.27. The van der Waals surface area contributed by atoms with Crippen molar-refractivity contribution in [2.24, 2.45) is 5.92 Å². The lowest BCUT2D eigenvalue weighted by atomic mass is 10.1. The topological polar surface area (TPSA) is 53.4 Å². The molecule has 5 heteroatoms. The SMILES string of the molecule is CC(C)CCN(C)c1nc(C(C)C)c(C(=O)O)s1. The van der Waals surface area contributed by atoms with Crippen molar-refractivity contribution in [3.63, 3.8) is 0 Å². The Morgan fingerprint density at radius 1 is 1.39 bits per heavy atom. The zero-order valence-corrected chi connectivity index (χ0v) is 12.5. The molecule has 1 rings (SSSR count). The standard InChI is InChI=1S/C13H22N2O2S/c1-8(2)6-7-15(5)13-14-10(9(3)4)11(18-13)12(16)17/h8-9H,6-7H2,1-5H3,(H,16,17). The lowest BCUT2D eigenvalue weighted by molar-refractivity contribution is 0.0700. The number of carboxylic acid groups (broad SMARTS) is 1. The molecule has 0 fully saturated rings. The molecular formula is C13H22N2O2S. The highest BCUT2D eigenvalue weighted by molar-refractivity contribution is 7.17. The maximum absolute atomic E-state index is 11.2. The van der Waals surface area contributed by atoms with Gasteiger partial charge < -0.3 is 10.0 Å². The third-order valence-electron chi connectivity index (χ3n) is 2.75. The lowest BCUT2D eigenvalue weighted by Crippen LogP contribution is -2.19. The van der Waals surface area contributed by atoms with E-state index in [1.54, 1.807) is 0 Å². The van der Waals surface area contributed by atoms with Crippen molar-refractivity contribution >= 4 is 22.4 Å². The Balaban J connectivity index is 2.90. The van der Waals surface area contributed by atoms with Crippen LogP contribution >= 0.6 is 11.3 Å². The number of aromatic nitrogens is 1. The lowest BCUT2D eigenvalue weighted by Gasteiger charge is -2.16. The van der Waals surface area contributed by atoms with Crippen LogP contribution in [0.5, 0.6) is 0 Å². The summed E-state index contributed by atoms with van der Waals surface area (Å²) >= 11 is 1.27. The molecule has 0 aliphatic rings. The predicted octanol–water partition coefficient (Wildman–Crippen LogP) is 3.45. The number of anilines is 1. The summed E-state index contributed by atoms with van der Waals surface area (Å²) in [6, 6.07) is 0. The van der Waals surface area contributed by atoms with E-state index in [-0.39, 0.29) is 5.92 Å². The molecule has 0 aromatic carbocycles. The minimum Gasteiger partial charge on any atom is -0.477 e. The Morgan fingerprint density at radius 3 is 2.39 bits per heavy atom. The van der Waals surface area contributed by atoms with Gasteiger partial charge in [0.05, 0.1) is 5.69 Å². The number of rotatable bonds is 6. The summed E-state index contributed by atoms with van der Waals surface area (Å²) < 4.78 is 0. The molecule has 0 aliphatic heterocycles. The Bertz CT molecular complexity index is 413. The molecule has 0 unspecified atom stereocenters. The first-order chi connectivity index (χ1) is 8.32. The van der Waals surface area contributed by atoms with Gasteiger partial charge in [0, 0.05) is 13.6 Å². The van der Waals surface area contributed by atoms with E-state index in [9.17, 15) is 9.90 Å². The third kappa shape index (κ3) is 3.70. The van der Waals surface area contributed by atoms with Crippen LogP contribution < -0.4 is 4.90 Å². The first-order valence-corrected chi connectivity index (χ1v) is 7.09. The van der Waals surface area contributed by atoms with Crippen molar-refractivity contribution in [1.29, 1.82) is 0 Å². The average molecular weight is 270 g/mol. The van der Waals surface area contributed by atoms with Crippen LogP contribution in [0.1, 0.15) is 55.4 Å². The maximum Gasteiger partial charge on any atom is 0.347 e. The minimum absolute atomic E-state index is 0.139. The highest BCUT2D eigenvalue weighted by atomic mass is 32.1. The first-order valence-electron chi connectivity index (χ1n) is 6.28. The molecule has 4 nitrogen and oxygen atoms in total. The van der Waals surface area contributed by atoms with E-state index >= 15 is 0 Å². The molecule has 1 N–H and O–H groups in total. The van der Waals surface area contributed by atoms with E-state index in [1.165, 1.54) is 11.3 Å². The summed E-state index contributed by atoms with van der Waals surface area (Å²) in [7, 11) is 1.97. The minimum atomic E-state index is -0.875. The van der Waals surface area contributed by atoms with Gasteiger partial charge in [-0.1, -0.05) is 39.0 Å². The molecule has 0 amide bonds. The molecule has 0 radical (unpaired) electrons. The molecule has 0 atom stereocenters. The third-order valence-corrected chi connectivity index (χ3v) is 3.93. The van der Waals surface area contributed by atoms with E-state index < -0.39 is 5.97 Å². The zero-order chi connectivity index (χ0) is 13.9. The van der Waals surface area contributed by atoms with Crippen molar-refractivity contribution in [1.82, 2.24) is 4.98 Å². The molecule has 102 valence electrons. The Kier molecular flexibility index (Phi) is 5.14. The molecule has 1 aromatic heterocycles. The van der Waals surface area contributed by atoms with Gasteiger partial charge in [0.1, 0.15) is 4.88 Å². The van der Waals surface area contributed by atoms with E-state index in [4.69, 9.17) is 0 Å². The maximum atomic E-state index is 11.2. The second-order valence-corrected chi connectivity index (χ2v) is 6.25. The summed E-state index contributed by atoms with van der Waals surface area (Å²) in [6.45, 7) is 9.20. The summed E-state index contributed by atoms with van der Waals surface area (Å²) in [5.41, 5.74) is 0.693. The van der Waals surface area contributed by atoms with Crippen molar-refractivity contribution in [3.05, 3.63) is 10.6 Å². The number of aromatic carboxylic acids is 1. The zero-order valence-electron chi connectivity index (χ0n) is 11.7. The van der Waals surface area contributed by atoms with Crippen molar-refractivity contribution < 1.29 is 9.90 Å². The largest absolute Gasteiger partial charge is 0.477 e. The Hall–Kier alpha value is -1.10. The number of thiazole rings is 1. The van der Waals surface area contributed by atoms with Gasteiger partial charge in [-0.05, 0) is 18.3 Å². The van der Waals surface area contributed by atoms with E-state index in [2.05, 4.69) is 18.8 Å². The normalized spacial score (nSPS) is 11.3. The number of hydrogen-bond acceptors (Lipinski definition) is 4. The highest BCUT2D eigenvalue weighted by Crippen LogP contribution is 2.30. The first kappa shape index (κ1) is 15.0. The molecule has 0 bridgehead atoms. The summed E-state index contributed by atoms with van der Waals surface area (Å²) in [4.78, 5) is 18.1. The van der Waals surface area contributed by atoms with Crippen molar-refractivity contribution in [2.75, 3.05) is 18.5 Å². The van der Waals surface area contributed by atoms with Gasteiger partial charge >= 0.3 is 5.97 Å². The molecule has 1 aromatic rings. The Morgan fingerprint density at radius 2 is 2.00 bits per heavy atom. The highest BCUT2D eigenvalue weighted by Gasteiger charge is 2.21. The predicted molar refractivity (Wildman–Crippen MR) is 75.9 cm³/mol. The van der Waals surface area contributed by atoms with Gasteiger partial charge in [-0.3, -0.25) is 0 Å². The fraction of sp³-hybridized carbons (Fsp3) is 0.692. The van der Waals surface area contributed by atoms with Crippen LogP contribution in [0.2, 0.25) is 0 Å². The molecule has 0 aliphatic carbocycles. The van der Waals surface area contributed by atoms with E-state index in [0.29, 0.717) is 16.5 Å². The number of hydrogen-bond donors (Lipinski definition) is 1. The molecule has 1 heterocycles. The monoisotopic (exact) mass is 270 g/mol. The van der Waals surface area contributed by atoms with E-state index in [1.807, 2.05) is 25.8 Å². The van der Waals surface area contributed by atoms with Crippen LogP contribution in [0.25, 0.3) is 0 Å². The van der Waals surface area contributed by atoms with Gasteiger partial charge in [0.25, 0.3) is 0 Å². The summed E-state index contributed by atoms with van der Waals surface area (Å²) in [5, 5.41) is 9.98. The van der Waals surface area contributed by atoms with Gasteiger partial charge in [-0.25, -0.2) is 9.78 Å². The van der Waals surface area contributed by atoms with Gasteiger partial charge in [0.2, 0.25) is 0 Å². The molecule has 0 saturated carbocycles. The van der Waals surface area contributed by atoms with Crippen LogP contribution in [0, 0.1) is 5.92 Å². The van der Waals surface area contributed by atoms with E-state index in [0.717, 1.165) is 18.1 Å². The van der Waals surface area contributed by atoms with Crippen LogP contribution in [0.15, 0.2) is 0 Å². The summed E-state index contributed by atoms with van der Waals surface area (Å²) in [6.07, 6.45) is 1.08. The van der Waals surface area contributed by atoms with Crippen LogP contribution in [-0.4, -0.2) is 29.7 Å². The van der Waals surface area contributed by atoms with Gasteiger partial charge in [-0.2, -0.15) is 0 Å². The number of nitrogens with zero attached hydrogens (tertiary/aromatic N) is 2. The number of carboxylic acids is 1. The van der Waals surface area contributed by atoms with Crippen molar-refractivity contribution in [3.8, 4) is 0 Å². The summed E-state index contributed by atoms with van der Waals surface area (Å²) in [5.74, 6) is -0.102. The second kappa shape index (κ2) is 6.18. The van der Waals surface area contributed by atoms with Crippen molar-refractivity contribution in [2.45, 2.75) is 40.0 Å². The van der Waals surface area contributed by atoms with Crippen LogP contribution in [0.4, 0.5) is 5.13 Å². The fourth-order valence-corrected chi connectivity index (χ4v) is 2.62. The molecule has 18 heavy (non-hydrogen) atoms.